The van der Waals surface area contributed by atoms with Gasteiger partial charge in [0.2, 0.25) is 0 Å². The molecule has 3 atom stereocenters. The number of carbonyl (C=O) groups excluding carboxylic acids is 1. The molecule has 2 heterocycles. The summed E-state index contributed by atoms with van der Waals surface area (Å²) in [5.74, 6) is -0.316. The first-order chi connectivity index (χ1) is 10.9. The molecule has 1 fully saturated rings. The molecule has 1 aliphatic heterocycles. The highest BCUT2D eigenvalue weighted by Gasteiger charge is 2.55. The van der Waals surface area contributed by atoms with Crippen LogP contribution in [0.2, 0.25) is 0 Å². The standard InChI is InChI=1S/C16H16O7/c1-16(21-3)14(18)13(23-15(16)19)9-6-8-4-5-12(17)22-10(8)7-11(9)20-2/h4-7,13-14,18H,1-3H3. The molecular weight excluding hydrogens is 304 g/mol. The first kappa shape index (κ1) is 15.5. The van der Waals surface area contributed by atoms with Crippen molar-refractivity contribution in [1.29, 1.82) is 0 Å². The zero-order valence-corrected chi connectivity index (χ0v) is 12.9. The van der Waals surface area contributed by atoms with Crippen molar-refractivity contribution in [3.8, 4) is 5.75 Å². The Hall–Kier alpha value is -2.38. The number of aliphatic hydroxyl groups excluding tert-OH is 1. The van der Waals surface area contributed by atoms with Crippen LogP contribution in [0.5, 0.6) is 5.75 Å². The van der Waals surface area contributed by atoms with E-state index in [1.807, 2.05) is 0 Å². The maximum Gasteiger partial charge on any atom is 0.341 e. The molecular formula is C16H16O7. The van der Waals surface area contributed by atoms with Crippen LogP contribution in [-0.4, -0.2) is 37.0 Å². The SMILES string of the molecule is COc1cc2oc(=O)ccc2cc1C1OC(=O)C(C)(OC)C1O. The van der Waals surface area contributed by atoms with E-state index < -0.39 is 29.4 Å². The first-order valence-electron chi connectivity index (χ1n) is 6.97. The number of rotatable bonds is 3. The number of carbonyl (C=O) groups is 1. The average molecular weight is 320 g/mol. The highest BCUT2D eigenvalue weighted by molar-refractivity contribution is 5.84. The second kappa shape index (κ2) is 5.36. The van der Waals surface area contributed by atoms with E-state index in [-0.39, 0.29) is 0 Å². The minimum atomic E-state index is -1.45. The van der Waals surface area contributed by atoms with Gasteiger partial charge in [-0.05, 0) is 19.1 Å². The Morgan fingerprint density at radius 2 is 1.96 bits per heavy atom. The van der Waals surface area contributed by atoms with Crippen molar-refractivity contribution in [2.24, 2.45) is 0 Å². The molecule has 0 aliphatic carbocycles. The number of methoxy groups -OCH3 is 2. The Morgan fingerprint density at radius 3 is 2.57 bits per heavy atom. The van der Waals surface area contributed by atoms with Crippen LogP contribution in [0, 0.1) is 0 Å². The summed E-state index contributed by atoms with van der Waals surface area (Å²) in [4.78, 5) is 23.3. The van der Waals surface area contributed by atoms with E-state index >= 15 is 0 Å². The second-order valence-corrected chi connectivity index (χ2v) is 5.47. The molecule has 1 saturated heterocycles. The molecule has 0 bridgehead atoms. The maximum atomic E-state index is 12.0. The third-order valence-electron chi connectivity index (χ3n) is 4.19. The predicted octanol–water partition coefficient (Wildman–Crippen LogP) is 1.17. The number of cyclic esters (lactones) is 1. The number of fused-ring (bicyclic) bond motifs is 1. The lowest BCUT2D eigenvalue weighted by Gasteiger charge is -2.23. The largest absolute Gasteiger partial charge is 0.496 e. The van der Waals surface area contributed by atoms with E-state index in [4.69, 9.17) is 18.6 Å². The van der Waals surface area contributed by atoms with Gasteiger partial charge in [-0.15, -0.1) is 0 Å². The summed E-state index contributed by atoms with van der Waals surface area (Å²) in [6, 6.07) is 6.05. The molecule has 1 aliphatic rings. The minimum Gasteiger partial charge on any atom is -0.496 e. The van der Waals surface area contributed by atoms with Gasteiger partial charge in [0.15, 0.2) is 11.7 Å². The summed E-state index contributed by atoms with van der Waals surface area (Å²) >= 11 is 0. The molecule has 0 radical (unpaired) electrons. The molecule has 23 heavy (non-hydrogen) atoms. The zero-order valence-electron chi connectivity index (χ0n) is 12.9. The molecule has 0 spiro atoms. The highest BCUT2D eigenvalue weighted by Crippen LogP contribution is 2.42. The van der Waals surface area contributed by atoms with Crippen LogP contribution in [0.15, 0.2) is 33.5 Å². The van der Waals surface area contributed by atoms with Crippen LogP contribution in [0.3, 0.4) is 0 Å². The van der Waals surface area contributed by atoms with E-state index in [9.17, 15) is 14.7 Å². The molecule has 7 heteroatoms. The van der Waals surface area contributed by atoms with Gasteiger partial charge in [-0.25, -0.2) is 9.59 Å². The maximum absolute atomic E-state index is 12.0. The lowest BCUT2D eigenvalue weighted by molar-refractivity contribution is -0.158. The summed E-state index contributed by atoms with van der Waals surface area (Å²) in [7, 11) is 2.77. The van der Waals surface area contributed by atoms with Crippen molar-refractivity contribution in [2.75, 3.05) is 14.2 Å². The molecule has 1 aromatic carbocycles. The van der Waals surface area contributed by atoms with E-state index in [0.29, 0.717) is 22.3 Å². The summed E-state index contributed by atoms with van der Waals surface area (Å²) in [6.45, 7) is 1.46. The van der Waals surface area contributed by atoms with E-state index in [0.717, 1.165) is 0 Å². The van der Waals surface area contributed by atoms with Crippen molar-refractivity contribution in [2.45, 2.75) is 24.7 Å². The van der Waals surface area contributed by atoms with E-state index in [2.05, 4.69) is 0 Å². The molecule has 7 nitrogen and oxygen atoms in total. The van der Waals surface area contributed by atoms with Gasteiger partial charge in [0.05, 0.1) is 7.11 Å². The fraction of sp³-hybridized carbons (Fsp3) is 0.375. The summed E-state index contributed by atoms with van der Waals surface area (Å²) in [5, 5.41) is 11.1. The number of hydrogen-bond donors (Lipinski definition) is 1. The van der Waals surface area contributed by atoms with Gasteiger partial charge in [0, 0.05) is 30.2 Å². The fourth-order valence-corrected chi connectivity index (χ4v) is 2.66. The highest BCUT2D eigenvalue weighted by atomic mass is 16.6. The Balaban J connectivity index is 2.14. The monoisotopic (exact) mass is 320 g/mol. The van der Waals surface area contributed by atoms with Crippen LogP contribution < -0.4 is 10.4 Å². The van der Waals surface area contributed by atoms with Crippen LogP contribution in [0.25, 0.3) is 11.0 Å². The van der Waals surface area contributed by atoms with Gasteiger partial charge in [0.25, 0.3) is 0 Å². The molecule has 1 aromatic heterocycles. The quantitative estimate of drug-likeness (QED) is 0.670. The third kappa shape index (κ3) is 2.29. The third-order valence-corrected chi connectivity index (χ3v) is 4.19. The summed E-state index contributed by atoms with van der Waals surface area (Å²) < 4.78 is 20.8. The molecule has 2 aromatic rings. The topological polar surface area (TPSA) is 95.2 Å². The minimum absolute atomic E-state index is 0.337. The lowest BCUT2D eigenvalue weighted by atomic mass is 9.93. The average Bonchev–Trinajstić information content (AvgIpc) is 2.78. The Morgan fingerprint density at radius 1 is 1.22 bits per heavy atom. The van der Waals surface area contributed by atoms with Crippen LogP contribution in [-0.2, 0) is 14.3 Å². The van der Waals surface area contributed by atoms with Crippen molar-refractivity contribution in [3.05, 3.63) is 40.2 Å². The molecule has 0 amide bonds. The van der Waals surface area contributed by atoms with Crippen LogP contribution in [0.1, 0.15) is 18.6 Å². The molecule has 1 N–H and O–H groups in total. The van der Waals surface area contributed by atoms with E-state index in [1.54, 1.807) is 12.1 Å². The van der Waals surface area contributed by atoms with Gasteiger partial charge in [-0.3, -0.25) is 0 Å². The van der Waals surface area contributed by atoms with Gasteiger partial charge in [0.1, 0.15) is 17.4 Å². The Labute approximate surface area is 131 Å². The van der Waals surface area contributed by atoms with Gasteiger partial charge >= 0.3 is 11.6 Å². The summed E-state index contributed by atoms with van der Waals surface area (Å²) in [6.07, 6.45) is -2.15. The van der Waals surface area contributed by atoms with Crippen LogP contribution in [0.4, 0.5) is 0 Å². The van der Waals surface area contributed by atoms with Crippen molar-refractivity contribution in [1.82, 2.24) is 0 Å². The second-order valence-electron chi connectivity index (χ2n) is 5.47. The zero-order chi connectivity index (χ0) is 16.8. The fourth-order valence-electron chi connectivity index (χ4n) is 2.66. The van der Waals surface area contributed by atoms with Crippen molar-refractivity contribution >= 4 is 16.9 Å². The molecule has 122 valence electrons. The van der Waals surface area contributed by atoms with Gasteiger partial charge < -0.3 is 23.7 Å². The normalized spacial score (nSPS) is 27.2. The molecule has 0 saturated carbocycles. The van der Waals surface area contributed by atoms with E-state index in [1.165, 1.54) is 33.3 Å². The first-order valence-corrected chi connectivity index (χ1v) is 6.97. The number of hydrogen-bond acceptors (Lipinski definition) is 7. The Bertz CT molecular complexity index is 825. The number of aliphatic hydroxyl groups is 1. The predicted molar refractivity (Wildman–Crippen MR) is 79.3 cm³/mol. The molecule has 3 rings (SSSR count). The van der Waals surface area contributed by atoms with Crippen LogP contribution >= 0.6 is 0 Å². The number of esters is 1. The smallest absolute Gasteiger partial charge is 0.341 e. The van der Waals surface area contributed by atoms with Crippen molar-refractivity contribution in [3.63, 3.8) is 0 Å². The number of ether oxygens (including phenoxy) is 3. The van der Waals surface area contributed by atoms with Gasteiger partial charge in [-0.1, -0.05) is 0 Å². The molecule has 3 unspecified atom stereocenters. The number of benzene rings is 1. The van der Waals surface area contributed by atoms with Gasteiger partial charge in [-0.2, -0.15) is 0 Å². The summed E-state index contributed by atoms with van der Waals surface area (Å²) in [5.41, 5.74) is -1.12. The Kier molecular flexibility index (Phi) is 3.62. The lowest BCUT2D eigenvalue weighted by Crippen LogP contribution is -2.43. The van der Waals surface area contributed by atoms with Crippen molar-refractivity contribution < 1.29 is 28.5 Å².